The van der Waals surface area contributed by atoms with Crippen LogP contribution in [0.5, 0.6) is 11.5 Å². The summed E-state index contributed by atoms with van der Waals surface area (Å²) in [6.07, 6.45) is 0.781. The van der Waals surface area contributed by atoms with Crippen molar-refractivity contribution in [3.05, 3.63) is 60.0 Å². The first-order chi connectivity index (χ1) is 13.1. The molecule has 0 aliphatic rings. The van der Waals surface area contributed by atoms with Crippen molar-refractivity contribution in [3.8, 4) is 23.0 Å². The Kier molecular flexibility index (Phi) is 5.76. The number of aryl methyl sites for hydroxylation is 2. The van der Waals surface area contributed by atoms with Gasteiger partial charge >= 0.3 is 0 Å². The summed E-state index contributed by atoms with van der Waals surface area (Å²) < 4.78 is 16.2. The van der Waals surface area contributed by atoms with E-state index in [4.69, 9.17) is 13.9 Å². The molecule has 1 N–H and O–H groups in total. The lowest BCUT2D eigenvalue weighted by Crippen LogP contribution is -2.13. The summed E-state index contributed by atoms with van der Waals surface area (Å²) in [5.41, 5.74) is 2.30. The number of anilines is 1. The molecule has 27 heavy (non-hydrogen) atoms. The lowest BCUT2D eigenvalue weighted by molar-refractivity contribution is -0.116. The van der Waals surface area contributed by atoms with Crippen molar-refractivity contribution >= 4 is 11.6 Å². The topological polar surface area (TPSA) is 73.6 Å². The highest BCUT2D eigenvalue weighted by molar-refractivity contribution is 5.92. The highest BCUT2D eigenvalue weighted by Gasteiger charge is 2.14. The van der Waals surface area contributed by atoms with Crippen molar-refractivity contribution in [1.29, 1.82) is 0 Å². The molecule has 0 saturated heterocycles. The Morgan fingerprint density at radius 3 is 2.59 bits per heavy atom. The van der Waals surface area contributed by atoms with Gasteiger partial charge in [-0.2, -0.15) is 0 Å². The number of methoxy groups -OCH3 is 2. The second-order valence-corrected chi connectivity index (χ2v) is 6.00. The van der Waals surface area contributed by atoms with Gasteiger partial charge in [-0.25, -0.2) is 4.98 Å². The number of aromatic nitrogens is 1. The van der Waals surface area contributed by atoms with Crippen LogP contribution in [-0.2, 0) is 11.2 Å². The minimum atomic E-state index is -0.123. The van der Waals surface area contributed by atoms with Gasteiger partial charge in [-0.05, 0) is 31.2 Å². The Labute approximate surface area is 158 Å². The van der Waals surface area contributed by atoms with E-state index < -0.39 is 0 Å². The van der Waals surface area contributed by atoms with Crippen LogP contribution >= 0.6 is 0 Å². The Bertz CT molecular complexity index is 919. The predicted molar refractivity (Wildman–Crippen MR) is 103 cm³/mol. The molecule has 3 rings (SSSR count). The molecule has 0 aliphatic heterocycles. The van der Waals surface area contributed by atoms with Crippen LogP contribution in [0.4, 0.5) is 5.69 Å². The SMILES string of the molecule is COc1ccc(NC(=O)CCc2nc(-c3ccccc3)oc2C)c(OC)c1. The third kappa shape index (κ3) is 4.47. The average molecular weight is 366 g/mol. The number of hydrogen-bond acceptors (Lipinski definition) is 5. The van der Waals surface area contributed by atoms with Gasteiger partial charge in [0.2, 0.25) is 11.8 Å². The Morgan fingerprint density at radius 1 is 1.11 bits per heavy atom. The molecule has 1 amide bonds. The molecule has 140 valence electrons. The summed E-state index contributed by atoms with van der Waals surface area (Å²) >= 11 is 0. The smallest absolute Gasteiger partial charge is 0.226 e. The van der Waals surface area contributed by atoms with Crippen LogP contribution in [0, 0.1) is 6.92 Å². The first-order valence-electron chi connectivity index (χ1n) is 8.64. The van der Waals surface area contributed by atoms with Crippen molar-refractivity contribution in [1.82, 2.24) is 4.98 Å². The molecule has 1 heterocycles. The molecule has 0 aliphatic carbocycles. The van der Waals surface area contributed by atoms with E-state index in [1.54, 1.807) is 32.4 Å². The molecule has 0 saturated carbocycles. The third-order valence-corrected chi connectivity index (χ3v) is 4.19. The summed E-state index contributed by atoms with van der Waals surface area (Å²) in [4.78, 5) is 16.9. The number of rotatable bonds is 7. The van der Waals surface area contributed by atoms with Gasteiger partial charge in [0.05, 0.1) is 25.6 Å². The fourth-order valence-corrected chi connectivity index (χ4v) is 2.71. The first kappa shape index (κ1) is 18.5. The molecule has 1 aromatic heterocycles. The zero-order valence-corrected chi connectivity index (χ0v) is 15.6. The van der Waals surface area contributed by atoms with Crippen molar-refractivity contribution in [2.75, 3.05) is 19.5 Å². The Balaban J connectivity index is 1.64. The maximum Gasteiger partial charge on any atom is 0.226 e. The van der Waals surface area contributed by atoms with Crippen LogP contribution in [0.15, 0.2) is 52.9 Å². The van der Waals surface area contributed by atoms with Crippen molar-refractivity contribution in [2.24, 2.45) is 0 Å². The van der Waals surface area contributed by atoms with E-state index in [1.807, 2.05) is 37.3 Å². The van der Waals surface area contributed by atoms with Gasteiger partial charge in [-0.3, -0.25) is 4.79 Å². The van der Waals surface area contributed by atoms with Crippen LogP contribution in [-0.4, -0.2) is 25.1 Å². The van der Waals surface area contributed by atoms with Gasteiger partial charge in [0, 0.05) is 24.5 Å². The average Bonchev–Trinajstić information content (AvgIpc) is 3.08. The number of nitrogens with one attached hydrogen (secondary N) is 1. The monoisotopic (exact) mass is 366 g/mol. The van der Waals surface area contributed by atoms with Crippen molar-refractivity contribution in [2.45, 2.75) is 19.8 Å². The fraction of sp³-hybridized carbons (Fsp3) is 0.238. The maximum atomic E-state index is 12.3. The van der Waals surface area contributed by atoms with Gasteiger partial charge in [0.1, 0.15) is 17.3 Å². The van der Waals surface area contributed by atoms with E-state index in [0.717, 1.165) is 17.0 Å². The molecule has 3 aromatic rings. The number of oxazole rings is 1. The maximum absolute atomic E-state index is 12.3. The Hall–Kier alpha value is -3.28. The molecular weight excluding hydrogens is 344 g/mol. The number of carbonyl (C=O) groups excluding carboxylic acids is 1. The molecule has 0 radical (unpaired) electrons. The Morgan fingerprint density at radius 2 is 1.89 bits per heavy atom. The summed E-state index contributed by atoms with van der Waals surface area (Å²) in [6, 6.07) is 14.9. The largest absolute Gasteiger partial charge is 0.497 e. The van der Waals surface area contributed by atoms with E-state index in [9.17, 15) is 4.79 Å². The highest BCUT2D eigenvalue weighted by Crippen LogP contribution is 2.29. The standard InChI is InChI=1S/C21H22N2O4/c1-14-17(23-21(27-14)15-7-5-4-6-8-15)11-12-20(24)22-18-10-9-16(25-2)13-19(18)26-3/h4-10,13H,11-12H2,1-3H3,(H,22,24). The van der Waals surface area contributed by atoms with Gasteiger partial charge in [-0.15, -0.1) is 0 Å². The van der Waals surface area contributed by atoms with Crippen molar-refractivity contribution in [3.63, 3.8) is 0 Å². The number of carbonyl (C=O) groups is 1. The zero-order chi connectivity index (χ0) is 19.2. The zero-order valence-electron chi connectivity index (χ0n) is 15.6. The predicted octanol–water partition coefficient (Wildman–Crippen LogP) is 4.24. The summed E-state index contributed by atoms with van der Waals surface area (Å²) in [6.45, 7) is 1.86. The van der Waals surface area contributed by atoms with E-state index in [0.29, 0.717) is 29.5 Å². The number of hydrogen-bond donors (Lipinski definition) is 1. The molecular formula is C21H22N2O4. The number of amides is 1. The molecule has 0 fully saturated rings. The number of nitrogens with zero attached hydrogens (tertiary/aromatic N) is 1. The van der Waals surface area contributed by atoms with Gasteiger partial charge in [0.15, 0.2) is 0 Å². The van der Waals surface area contributed by atoms with Crippen LogP contribution in [0.2, 0.25) is 0 Å². The molecule has 0 spiro atoms. The van der Waals surface area contributed by atoms with E-state index >= 15 is 0 Å². The normalized spacial score (nSPS) is 10.5. The van der Waals surface area contributed by atoms with Crippen molar-refractivity contribution < 1.29 is 18.7 Å². The minimum Gasteiger partial charge on any atom is -0.497 e. The fourth-order valence-electron chi connectivity index (χ4n) is 2.71. The first-order valence-corrected chi connectivity index (χ1v) is 8.64. The molecule has 6 nitrogen and oxygen atoms in total. The summed E-state index contributed by atoms with van der Waals surface area (Å²) in [5, 5.41) is 2.86. The molecule has 0 unspecified atom stereocenters. The molecule has 0 bridgehead atoms. The lowest BCUT2D eigenvalue weighted by Gasteiger charge is -2.11. The second kappa shape index (κ2) is 8.40. The highest BCUT2D eigenvalue weighted by atomic mass is 16.5. The van der Waals surface area contributed by atoms with Crippen LogP contribution in [0.3, 0.4) is 0 Å². The van der Waals surface area contributed by atoms with Gasteiger partial charge < -0.3 is 19.2 Å². The van der Waals surface area contributed by atoms with Crippen LogP contribution < -0.4 is 14.8 Å². The summed E-state index contributed by atoms with van der Waals surface area (Å²) in [7, 11) is 3.13. The number of benzene rings is 2. The number of ether oxygens (including phenoxy) is 2. The quantitative estimate of drug-likeness (QED) is 0.677. The molecule has 6 heteroatoms. The van der Waals surface area contributed by atoms with E-state index in [2.05, 4.69) is 10.3 Å². The van der Waals surface area contributed by atoms with Gasteiger partial charge in [0.25, 0.3) is 0 Å². The molecule has 0 atom stereocenters. The minimum absolute atomic E-state index is 0.123. The second-order valence-electron chi connectivity index (χ2n) is 6.00. The third-order valence-electron chi connectivity index (χ3n) is 4.19. The van der Waals surface area contributed by atoms with Gasteiger partial charge in [-0.1, -0.05) is 18.2 Å². The lowest BCUT2D eigenvalue weighted by atomic mass is 10.2. The molecule has 2 aromatic carbocycles. The van der Waals surface area contributed by atoms with E-state index in [1.165, 1.54) is 0 Å². The van der Waals surface area contributed by atoms with E-state index in [-0.39, 0.29) is 12.3 Å². The van der Waals surface area contributed by atoms with Crippen LogP contribution in [0.25, 0.3) is 11.5 Å². The summed E-state index contributed by atoms with van der Waals surface area (Å²) in [5.74, 6) is 2.38. The van der Waals surface area contributed by atoms with Crippen LogP contribution in [0.1, 0.15) is 17.9 Å².